The molecule has 6 heteroatoms. The zero-order valence-corrected chi connectivity index (χ0v) is 18.0. The Balaban J connectivity index is 2.61. The Labute approximate surface area is 170 Å². The average molecular weight is 401 g/mol. The summed E-state index contributed by atoms with van der Waals surface area (Å²) in [5, 5.41) is 0. The van der Waals surface area contributed by atoms with Gasteiger partial charge in [-0.3, -0.25) is 4.79 Å². The van der Waals surface area contributed by atoms with E-state index >= 15 is 0 Å². The SMILES string of the molecule is C=CCCCCCCCC(C(=O)OC)C(OCOC)[C@H](C)OC1CCCCO1. The summed E-state index contributed by atoms with van der Waals surface area (Å²) in [6, 6.07) is 0. The predicted octanol–water partition coefficient (Wildman–Crippen LogP) is 4.61. The van der Waals surface area contributed by atoms with E-state index in [4.69, 9.17) is 23.7 Å². The molecule has 0 aliphatic carbocycles. The molecule has 0 aromatic rings. The number of hydrogen-bond acceptors (Lipinski definition) is 6. The molecule has 0 N–H and O–H groups in total. The topological polar surface area (TPSA) is 63.2 Å². The quantitative estimate of drug-likeness (QED) is 0.163. The second-order valence-electron chi connectivity index (χ2n) is 7.44. The summed E-state index contributed by atoms with van der Waals surface area (Å²) < 4.78 is 27.8. The van der Waals surface area contributed by atoms with Crippen molar-refractivity contribution in [2.45, 2.75) is 89.6 Å². The zero-order valence-electron chi connectivity index (χ0n) is 18.0. The van der Waals surface area contributed by atoms with Crippen LogP contribution < -0.4 is 0 Å². The second-order valence-corrected chi connectivity index (χ2v) is 7.44. The summed E-state index contributed by atoms with van der Waals surface area (Å²) in [5.41, 5.74) is 0. The smallest absolute Gasteiger partial charge is 0.311 e. The Morgan fingerprint density at radius 2 is 1.93 bits per heavy atom. The molecule has 6 nitrogen and oxygen atoms in total. The molecule has 28 heavy (non-hydrogen) atoms. The first kappa shape index (κ1) is 25.1. The Kier molecular flexibility index (Phi) is 14.3. The Morgan fingerprint density at radius 3 is 2.57 bits per heavy atom. The van der Waals surface area contributed by atoms with Crippen LogP contribution in [0.25, 0.3) is 0 Å². The standard InChI is InChI=1S/C22H40O6/c1-5-6-7-8-9-10-11-14-19(22(23)25-4)21(27-17-24-3)18(2)28-20-15-12-13-16-26-20/h5,18-21H,1,6-17H2,2-4H3/t18-,19?,20?,21?/m0/s1. The highest BCUT2D eigenvalue weighted by atomic mass is 16.7. The lowest BCUT2D eigenvalue weighted by Crippen LogP contribution is -2.43. The van der Waals surface area contributed by atoms with Crippen molar-refractivity contribution in [3.63, 3.8) is 0 Å². The predicted molar refractivity (Wildman–Crippen MR) is 109 cm³/mol. The van der Waals surface area contributed by atoms with E-state index in [-0.39, 0.29) is 31.1 Å². The van der Waals surface area contributed by atoms with Gasteiger partial charge in [0.05, 0.1) is 25.2 Å². The van der Waals surface area contributed by atoms with Crippen LogP contribution in [0, 0.1) is 5.92 Å². The molecule has 0 radical (unpaired) electrons. The van der Waals surface area contributed by atoms with Crippen LogP contribution >= 0.6 is 0 Å². The zero-order chi connectivity index (χ0) is 20.6. The van der Waals surface area contributed by atoms with Crippen molar-refractivity contribution in [1.82, 2.24) is 0 Å². The van der Waals surface area contributed by atoms with Crippen molar-refractivity contribution in [1.29, 1.82) is 0 Å². The maximum Gasteiger partial charge on any atom is 0.311 e. The molecule has 0 bridgehead atoms. The molecule has 0 saturated carbocycles. The van der Waals surface area contributed by atoms with Gasteiger partial charge in [0.1, 0.15) is 6.79 Å². The van der Waals surface area contributed by atoms with Gasteiger partial charge in [0.15, 0.2) is 6.29 Å². The number of carbonyl (C=O) groups excluding carboxylic acids is 1. The van der Waals surface area contributed by atoms with Gasteiger partial charge >= 0.3 is 5.97 Å². The van der Waals surface area contributed by atoms with Crippen molar-refractivity contribution in [2.75, 3.05) is 27.6 Å². The minimum absolute atomic E-state index is 0.110. The minimum Gasteiger partial charge on any atom is -0.469 e. The normalized spacial score (nSPS) is 20.3. The molecule has 0 aromatic heterocycles. The highest BCUT2D eigenvalue weighted by Crippen LogP contribution is 2.25. The Bertz CT molecular complexity index is 408. The summed E-state index contributed by atoms with van der Waals surface area (Å²) in [6.07, 6.45) is 11.4. The van der Waals surface area contributed by atoms with Crippen LogP contribution in [-0.2, 0) is 28.5 Å². The van der Waals surface area contributed by atoms with Crippen LogP contribution in [0.5, 0.6) is 0 Å². The van der Waals surface area contributed by atoms with Crippen molar-refractivity contribution >= 4 is 5.97 Å². The van der Waals surface area contributed by atoms with E-state index in [1.54, 1.807) is 7.11 Å². The number of esters is 1. The number of carbonyl (C=O) groups is 1. The van der Waals surface area contributed by atoms with Crippen molar-refractivity contribution in [3.05, 3.63) is 12.7 Å². The Morgan fingerprint density at radius 1 is 1.18 bits per heavy atom. The molecule has 1 fully saturated rings. The third kappa shape index (κ3) is 10.0. The number of rotatable bonds is 16. The summed E-state index contributed by atoms with van der Waals surface area (Å²) in [5.74, 6) is -0.639. The lowest BCUT2D eigenvalue weighted by Gasteiger charge is -2.33. The van der Waals surface area contributed by atoms with Crippen LogP contribution in [0.2, 0.25) is 0 Å². The van der Waals surface area contributed by atoms with Crippen LogP contribution in [0.4, 0.5) is 0 Å². The first-order valence-corrected chi connectivity index (χ1v) is 10.7. The van der Waals surface area contributed by atoms with Crippen LogP contribution in [-0.4, -0.2) is 52.1 Å². The van der Waals surface area contributed by atoms with E-state index < -0.39 is 6.10 Å². The first-order valence-electron chi connectivity index (χ1n) is 10.7. The maximum absolute atomic E-state index is 12.5. The largest absolute Gasteiger partial charge is 0.469 e. The van der Waals surface area contributed by atoms with Gasteiger partial charge in [0.2, 0.25) is 0 Å². The second kappa shape index (κ2) is 15.9. The van der Waals surface area contributed by atoms with Crippen LogP contribution in [0.15, 0.2) is 12.7 Å². The molecule has 1 heterocycles. The summed E-state index contributed by atoms with van der Waals surface area (Å²) in [4.78, 5) is 12.5. The molecule has 1 aliphatic rings. The summed E-state index contributed by atoms with van der Waals surface area (Å²) in [6.45, 7) is 6.51. The monoisotopic (exact) mass is 400 g/mol. The summed E-state index contributed by atoms with van der Waals surface area (Å²) >= 11 is 0. The first-order chi connectivity index (χ1) is 13.6. The fraction of sp³-hybridized carbons (Fsp3) is 0.864. The van der Waals surface area contributed by atoms with Gasteiger partial charge in [-0.1, -0.05) is 31.8 Å². The molecule has 1 saturated heterocycles. The van der Waals surface area contributed by atoms with Gasteiger partial charge in [-0.25, -0.2) is 0 Å². The van der Waals surface area contributed by atoms with Gasteiger partial charge < -0.3 is 23.7 Å². The van der Waals surface area contributed by atoms with Gasteiger partial charge in [-0.05, 0) is 45.4 Å². The molecule has 0 amide bonds. The van der Waals surface area contributed by atoms with Crippen molar-refractivity contribution in [2.24, 2.45) is 5.92 Å². The van der Waals surface area contributed by atoms with Crippen LogP contribution in [0.1, 0.15) is 71.1 Å². The highest BCUT2D eigenvalue weighted by molar-refractivity contribution is 5.73. The van der Waals surface area contributed by atoms with Gasteiger partial charge in [-0.15, -0.1) is 6.58 Å². The fourth-order valence-corrected chi connectivity index (χ4v) is 3.61. The van der Waals surface area contributed by atoms with E-state index in [2.05, 4.69) is 6.58 Å². The van der Waals surface area contributed by atoms with Gasteiger partial charge in [0.25, 0.3) is 0 Å². The van der Waals surface area contributed by atoms with Crippen LogP contribution in [0.3, 0.4) is 0 Å². The average Bonchev–Trinajstić information content (AvgIpc) is 2.71. The highest BCUT2D eigenvalue weighted by Gasteiger charge is 2.36. The number of allylic oxidation sites excluding steroid dienone is 1. The molecule has 3 unspecified atom stereocenters. The number of hydrogen-bond donors (Lipinski definition) is 0. The molecule has 1 rings (SSSR count). The molecule has 4 atom stereocenters. The minimum atomic E-state index is -0.432. The lowest BCUT2D eigenvalue weighted by atomic mass is 9.92. The number of methoxy groups -OCH3 is 2. The molecular weight excluding hydrogens is 360 g/mol. The van der Waals surface area contributed by atoms with E-state index in [1.165, 1.54) is 20.0 Å². The third-order valence-electron chi connectivity index (χ3n) is 5.17. The number of ether oxygens (including phenoxy) is 5. The van der Waals surface area contributed by atoms with E-state index in [0.29, 0.717) is 13.0 Å². The van der Waals surface area contributed by atoms with E-state index in [1.807, 2.05) is 13.0 Å². The fourth-order valence-electron chi connectivity index (χ4n) is 3.61. The van der Waals surface area contributed by atoms with Gasteiger partial charge in [0, 0.05) is 13.7 Å². The molecule has 0 spiro atoms. The molecule has 164 valence electrons. The van der Waals surface area contributed by atoms with E-state index in [0.717, 1.165) is 44.9 Å². The molecule has 1 aliphatic heterocycles. The van der Waals surface area contributed by atoms with Crippen molar-refractivity contribution in [3.8, 4) is 0 Å². The molecular formula is C22H40O6. The van der Waals surface area contributed by atoms with Crippen molar-refractivity contribution < 1.29 is 28.5 Å². The van der Waals surface area contributed by atoms with Gasteiger partial charge in [-0.2, -0.15) is 0 Å². The number of unbranched alkanes of at least 4 members (excludes halogenated alkanes) is 5. The van der Waals surface area contributed by atoms with E-state index in [9.17, 15) is 4.79 Å². The maximum atomic E-state index is 12.5. The Hall–Kier alpha value is -0.950. The summed E-state index contributed by atoms with van der Waals surface area (Å²) in [7, 11) is 3.00. The lowest BCUT2D eigenvalue weighted by molar-refractivity contribution is -0.226. The third-order valence-corrected chi connectivity index (χ3v) is 5.17. The molecule has 0 aromatic carbocycles.